The standard InChI is InChI=1S/C21H35N3O4.HI/c1-17-10-11-18(19(15-17)28-14-8-13-26-3)16-24-21(22-2)23-12-7-5-6-9-20(25)27-4;/h10-11,15H,5-9,12-14,16H2,1-4H3,(H2,22,23,24);1H. The van der Waals surface area contributed by atoms with Crippen LogP contribution >= 0.6 is 24.0 Å². The van der Waals surface area contributed by atoms with Gasteiger partial charge in [-0.3, -0.25) is 9.79 Å². The highest BCUT2D eigenvalue weighted by Crippen LogP contribution is 2.20. The van der Waals surface area contributed by atoms with Crippen molar-refractivity contribution in [2.75, 3.05) is 41.0 Å². The van der Waals surface area contributed by atoms with Crippen molar-refractivity contribution in [3.63, 3.8) is 0 Å². The Kier molecular flexibility index (Phi) is 16.4. The van der Waals surface area contributed by atoms with E-state index in [9.17, 15) is 4.79 Å². The van der Waals surface area contributed by atoms with Gasteiger partial charge in [-0.05, 0) is 31.4 Å². The Morgan fingerprint density at radius 1 is 1.07 bits per heavy atom. The number of aliphatic imine (C=N–C) groups is 1. The summed E-state index contributed by atoms with van der Waals surface area (Å²) >= 11 is 0. The zero-order valence-corrected chi connectivity index (χ0v) is 20.4. The van der Waals surface area contributed by atoms with Crippen molar-refractivity contribution >= 4 is 35.9 Å². The number of carbonyl (C=O) groups excluding carboxylic acids is 1. The molecule has 0 atom stereocenters. The van der Waals surface area contributed by atoms with Crippen LogP contribution in [0.5, 0.6) is 5.75 Å². The second-order valence-electron chi connectivity index (χ2n) is 6.55. The topological polar surface area (TPSA) is 81.2 Å². The lowest BCUT2D eigenvalue weighted by molar-refractivity contribution is -0.140. The molecule has 0 aromatic heterocycles. The number of guanidine groups is 1. The number of nitrogens with zero attached hydrogens (tertiary/aromatic N) is 1. The molecule has 0 bridgehead atoms. The van der Waals surface area contributed by atoms with E-state index < -0.39 is 0 Å². The van der Waals surface area contributed by atoms with Gasteiger partial charge in [0.05, 0.1) is 13.7 Å². The zero-order chi connectivity index (χ0) is 20.6. The Balaban J connectivity index is 0.00000784. The maximum absolute atomic E-state index is 11.1. The molecule has 29 heavy (non-hydrogen) atoms. The molecule has 0 aliphatic heterocycles. The van der Waals surface area contributed by atoms with Gasteiger partial charge in [0.2, 0.25) is 0 Å². The summed E-state index contributed by atoms with van der Waals surface area (Å²) < 4.78 is 15.6. The number of hydrogen-bond donors (Lipinski definition) is 2. The molecule has 0 amide bonds. The van der Waals surface area contributed by atoms with Gasteiger partial charge in [0.15, 0.2) is 5.96 Å². The first-order chi connectivity index (χ1) is 13.6. The highest BCUT2D eigenvalue weighted by atomic mass is 127. The van der Waals surface area contributed by atoms with Crippen molar-refractivity contribution in [2.24, 2.45) is 4.99 Å². The number of hydrogen-bond acceptors (Lipinski definition) is 5. The number of esters is 1. The fraction of sp³-hybridized carbons (Fsp3) is 0.619. The molecule has 0 heterocycles. The van der Waals surface area contributed by atoms with Crippen LogP contribution in [-0.4, -0.2) is 53.0 Å². The molecular weight excluding hydrogens is 485 g/mol. The van der Waals surface area contributed by atoms with Crippen molar-refractivity contribution in [1.82, 2.24) is 10.6 Å². The fourth-order valence-electron chi connectivity index (χ4n) is 2.61. The van der Waals surface area contributed by atoms with E-state index in [0.717, 1.165) is 49.5 Å². The summed E-state index contributed by atoms with van der Waals surface area (Å²) in [5, 5.41) is 6.62. The van der Waals surface area contributed by atoms with Gasteiger partial charge in [-0.25, -0.2) is 0 Å². The van der Waals surface area contributed by atoms with Gasteiger partial charge in [-0.15, -0.1) is 24.0 Å². The summed E-state index contributed by atoms with van der Waals surface area (Å²) in [4.78, 5) is 15.3. The second-order valence-corrected chi connectivity index (χ2v) is 6.55. The van der Waals surface area contributed by atoms with Crippen molar-refractivity contribution < 1.29 is 19.0 Å². The van der Waals surface area contributed by atoms with Gasteiger partial charge in [0.25, 0.3) is 0 Å². The third kappa shape index (κ3) is 12.6. The van der Waals surface area contributed by atoms with Crippen LogP contribution in [0.3, 0.4) is 0 Å². The average molecular weight is 521 g/mol. The van der Waals surface area contributed by atoms with Crippen molar-refractivity contribution in [3.8, 4) is 5.75 Å². The van der Waals surface area contributed by atoms with Crippen molar-refractivity contribution in [2.45, 2.75) is 45.6 Å². The molecule has 0 spiro atoms. The van der Waals surface area contributed by atoms with E-state index in [-0.39, 0.29) is 29.9 Å². The fourth-order valence-corrected chi connectivity index (χ4v) is 2.61. The Hall–Kier alpha value is -1.55. The first kappa shape index (κ1) is 27.5. The lowest BCUT2D eigenvalue weighted by atomic mass is 10.1. The summed E-state index contributed by atoms with van der Waals surface area (Å²) in [6.45, 7) is 4.80. The molecule has 166 valence electrons. The van der Waals surface area contributed by atoms with Crippen LogP contribution < -0.4 is 15.4 Å². The lowest BCUT2D eigenvalue weighted by Gasteiger charge is -2.15. The van der Waals surface area contributed by atoms with E-state index in [1.807, 2.05) is 0 Å². The van der Waals surface area contributed by atoms with Crippen LogP contribution in [0.4, 0.5) is 0 Å². The highest BCUT2D eigenvalue weighted by Gasteiger charge is 2.06. The van der Waals surface area contributed by atoms with Crippen molar-refractivity contribution in [3.05, 3.63) is 29.3 Å². The second kappa shape index (κ2) is 17.3. The molecule has 8 heteroatoms. The monoisotopic (exact) mass is 521 g/mol. The van der Waals surface area contributed by atoms with Crippen LogP contribution in [0.15, 0.2) is 23.2 Å². The first-order valence-electron chi connectivity index (χ1n) is 9.83. The Morgan fingerprint density at radius 2 is 1.86 bits per heavy atom. The van der Waals surface area contributed by atoms with E-state index in [1.54, 1.807) is 14.2 Å². The molecule has 0 saturated carbocycles. The van der Waals surface area contributed by atoms with Crippen LogP contribution in [0.1, 0.15) is 43.2 Å². The number of ether oxygens (including phenoxy) is 3. The van der Waals surface area contributed by atoms with E-state index >= 15 is 0 Å². The number of benzene rings is 1. The molecule has 1 rings (SSSR count). The van der Waals surface area contributed by atoms with Gasteiger partial charge >= 0.3 is 5.97 Å². The minimum Gasteiger partial charge on any atom is -0.493 e. The zero-order valence-electron chi connectivity index (χ0n) is 18.1. The molecular formula is C21H36IN3O4. The number of halogens is 1. The van der Waals surface area contributed by atoms with E-state index in [2.05, 4.69) is 45.5 Å². The predicted molar refractivity (Wildman–Crippen MR) is 127 cm³/mol. The Bertz CT molecular complexity index is 612. The lowest BCUT2D eigenvalue weighted by Crippen LogP contribution is -2.37. The summed E-state index contributed by atoms with van der Waals surface area (Å²) in [7, 11) is 4.87. The predicted octanol–water partition coefficient (Wildman–Crippen LogP) is 3.43. The van der Waals surface area contributed by atoms with E-state index in [4.69, 9.17) is 9.47 Å². The minimum absolute atomic E-state index is 0. The summed E-state index contributed by atoms with van der Waals surface area (Å²) in [5.74, 6) is 1.49. The highest BCUT2D eigenvalue weighted by molar-refractivity contribution is 14.0. The number of nitrogens with one attached hydrogen (secondary N) is 2. The maximum Gasteiger partial charge on any atom is 0.305 e. The third-order valence-electron chi connectivity index (χ3n) is 4.22. The van der Waals surface area contributed by atoms with Crippen LogP contribution in [0.25, 0.3) is 0 Å². The van der Waals surface area contributed by atoms with Gasteiger partial charge < -0.3 is 24.8 Å². The molecule has 7 nitrogen and oxygen atoms in total. The molecule has 1 aromatic carbocycles. The van der Waals surface area contributed by atoms with E-state index in [0.29, 0.717) is 26.2 Å². The van der Waals surface area contributed by atoms with Crippen LogP contribution in [-0.2, 0) is 20.8 Å². The number of carbonyl (C=O) groups is 1. The maximum atomic E-state index is 11.1. The summed E-state index contributed by atoms with van der Waals surface area (Å²) in [6, 6.07) is 6.21. The van der Waals surface area contributed by atoms with E-state index in [1.165, 1.54) is 12.7 Å². The summed E-state index contributed by atoms with van der Waals surface area (Å²) in [5.41, 5.74) is 2.25. The molecule has 2 N–H and O–H groups in total. The minimum atomic E-state index is -0.149. The van der Waals surface area contributed by atoms with Gasteiger partial charge in [0, 0.05) is 52.3 Å². The van der Waals surface area contributed by atoms with Crippen LogP contribution in [0.2, 0.25) is 0 Å². The summed E-state index contributed by atoms with van der Waals surface area (Å²) in [6.07, 6.45) is 4.11. The van der Waals surface area contributed by atoms with Gasteiger partial charge in [-0.2, -0.15) is 0 Å². The first-order valence-corrected chi connectivity index (χ1v) is 9.83. The molecule has 0 aliphatic carbocycles. The molecule has 0 unspecified atom stereocenters. The van der Waals surface area contributed by atoms with Crippen LogP contribution in [0, 0.1) is 6.92 Å². The SMILES string of the molecule is CN=C(NCCCCCC(=O)OC)NCc1ccc(C)cc1OCCCOC.I. The smallest absolute Gasteiger partial charge is 0.305 e. The normalized spacial score (nSPS) is 10.8. The number of rotatable bonds is 13. The largest absolute Gasteiger partial charge is 0.493 e. The average Bonchev–Trinajstić information content (AvgIpc) is 2.70. The Labute approximate surface area is 192 Å². The molecule has 0 radical (unpaired) electrons. The molecule has 0 aliphatic rings. The number of unbranched alkanes of at least 4 members (excludes halogenated alkanes) is 2. The number of methoxy groups -OCH3 is 2. The van der Waals surface area contributed by atoms with Gasteiger partial charge in [-0.1, -0.05) is 18.6 Å². The quantitative estimate of drug-likeness (QED) is 0.136. The molecule has 0 fully saturated rings. The third-order valence-corrected chi connectivity index (χ3v) is 4.22. The number of aryl methyl sites for hydroxylation is 1. The van der Waals surface area contributed by atoms with Crippen molar-refractivity contribution in [1.29, 1.82) is 0 Å². The molecule has 1 aromatic rings. The van der Waals surface area contributed by atoms with Gasteiger partial charge in [0.1, 0.15) is 5.75 Å². The molecule has 0 saturated heterocycles. The Morgan fingerprint density at radius 3 is 2.55 bits per heavy atom.